The van der Waals surface area contributed by atoms with Crippen molar-refractivity contribution in [2.45, 2.75) is 19.3 Å². The van der Waals surface area contributed by atoms with E-state index in [1.54, 1.807) is 31.2 Å². The smallest absolute Gasteiger partial charge is 0.335 e. The van der Waals surface area contributed by atoms with E-state index < -0.39 is 23.4 Å². The summed E-state index contributed by atoms with van der Waals surface area (Å²) in [5.74, 6) is -2.00. The first-order chi connectivity index (χ1) is 13.8. The highest BCUT2D eigenvalue weighted by Gasteiger charge is 2.28. The molecule has 0 saturated heterocycles. The largest absolute Gasteiger partial charge is 0.507 e. The van der Waals surface area contributed by atoms with Crippen LogP contribution in [0, 0.1) is 6.92 Å². The van der Waals surface area contributed by atoms with Crippen LogP contribution < -0.4 is 5.56 Å². The lowest BCUT2D eigenvalue weighted by molar-refractivity contribution is -0.140. The number of aromatic hydroxyl groups is 1. The molecule has 0 amide bonds. The number of hydrogen-bond acceptors (Lipinski definition) is 6. The Labute approximate surface area is 165 Å². The Bertz CT molecular complexity index is 1110. The minimum Gasteiger partial charge on any atom is -0.507 e. The molecular formula is C21H19NO7. The van der Waals surface area contributed by atoms with Crippen molar-refractivity contribution in [3.8, 4) is 17.1 Å². The predicted molar refractivity (Wildman–Crippen MR) is 103 cm³/mol. The Hall–Kier alpha value is -3.81. The van der Waals surface area contributed by atoms with Crippen molar-refractivity contribution in [2.75, 3.05) is 7.11 Å². The summed E-state index contributed by atoms with van der Waals surface area (Å²) in [5, 5.41) is 19.3. The van der Waals surface area contributed by atoms with Gasteiger partial charge in [-0.1, -0.05) is 12.1 Å². The number of carboxylic acid groups (broad SMARTS) is 1. The Balaban J connectivity index is 2.03. The van der Waals surface area contributed by atoms with Crippen molar-refractivity contribution in [3.05, 3.63) is 75.4 Å². The Kier molecular flexibility index (Phi) is 5.54. The van der Waals surface area contributed by atoms with E-state index in [4.69, 9.17) is 14.3 Å². The van der Waals surface area contributed by atoms with Gasteiger partial charge in [-0.15, -0.1) is 0 Å². The Morgan fingerprint density at radius 2 is 1.86 bits per heavy atom. The molecule has 1 atom stereocenters. The monoisotopic (exact) mass is 397 g/mol. The molecule has 3 aromatic rings. The van der Waals surface area contributed by atoms with E-state index >= 15 is 0 Å². The zero-order chi connectivity index (χ0) is 21.1. The van der Waals surface area contributed by atoms with Crippen LogP contribution in [-0.2, 0) is 9.53 Å². The van der Waals surface area contributed by atoms with E-state index in [9.17, 15) is 19.5 Å². The van der Waals surface area contributed by atoms with Gasteiger partial charge in [0.05, 0.1) is 30.6 Å². The van der Waals surface area contributed by atoms with Crippen LogP contribution in [0.1, 0.15) is 39.7 Å². The number of nitrogens with one attached hydrogen (secondary N) is 1. The number of esters is 1. The first-order valence-electron chi connectivity index (χ1n) is 8.73. The van der Waals surface area contributed by atoms with Crippen molar-refractivity contribution >= 4 is 11.9 Å². The number of aromatic nitrogens is 1. The summed E-state index contributed by atoms with van der Waals surface area (Å²) in [4.78, 5) is 38.0. The summed E-state index contributed by atoms with van der Waals surface area (Å²) in [7, 11) is 1.23. The second kappa shape index (κ2) is 8.05. The fourth-order valence-electron chi connectivity index (χ4n) is 3.09. The molecule has 0 fully saturated rings. The third-order valence-electron chi connectivity index (χ3n) is 4.52. The molecule has 0 spiro atoms. The first kappa shape index (κ1) is 19.9. The molecule has 0 aliphatic carbocycles. The van der Waals surface area contributed by atoms with Gasteiger partial charge >= 0.3 is 11.9 Å². The van der Waals surface area contributed by atoms with Gasteiger partial charge in [0.25, 0.3) is 5.56 Å². The normalized spacial score (nSPS) is 11.8. The number of ether oxygens (including phenoxy) is 1. The van der Waals surface area contributed by atoms with E-state index in [1.807, 2.05) is 0 Å². The van der Waals surface area contributed by atoms with Crippen molar-refractivity contribution in [1.29, 1.82) is 0 Å². The summed E-state index contributed by atoms with van der Waals surface area (Å²) in [6.07, 6.45) is -0.207. The number of methoxy groups -OCH3 is 1. The molecular weight excluding hydrogens is 378 g/mol. The molecule has 0 saturated carbocycles. The number of rotatable bonds is 6. The van der Waals surface area contributed by atoms with Crippen LogP contribution in [0.2, 0.25) is 0 Å². The molecule has 3 rings (SSSR count). The number of furan rings is 1. The summed E-state index contributed by atoms with van der Waals surface area (Å²) >= 11 is 0. The van der Waals surface area contributed by atoms with E-state index in [1.165, 1.54) is 25.3 Å². The van der Waals surface area contributed by atoms with Crippen LogP contribution in [-0.4, -0.2) is 34.2 Å². The average molecular weight is 397 g/mol. The summed E-state index contributed by atoms with van der Waals surface area (Å²) in [6.45, 7) is 1.63. The summed E-state index contributed by atoms with van der Waals surface area (Å²) in [5.41, 5.74) is 0.718. The van der Waals surface area contributed by atoms with Gasteiger partial charge in [0, 0.05) is 11.3 Å². The minimum atomic E-state index is -1.04. The van der Waals surface area contributed by atoms with E-state index in [0.29, 0.717) is 17.0 Å². The van der Waals surface area contributed by atoms with Crippen LogP contribution in [0.15, 0.2) is 51.7 Å². The molecule has 3 N–H and O–H groups in total. The van der Waals surface area contributed by atoms with E-state index in [2.05, 4.69) is 4.98 Å². The highest BCUT2D eigenvalue weighted by molar-refractivity contribution is 5.88. The van der Waals surface area contributed by atoms with Crippen LogP contribution in [0.3, 0.4) is 0 Å². The Morgan fingerprint density at radius 1 is 1.17 bits per heavy atom. The van der Waals surface area contributed by atoms with Gasteiger partial charge in [0.2, 0.25) is 0 Å². The van der Waals surface area contributed by atoms with Gasteiger partial charge in [-0.3, -0.25) is 9.59 Å². The van der Waals surface area contributed by atoms with Gasteiger partial charge < -0.3 is 24.4 Å². The molecule has 8 nitrogen and oxygen atoms in total. The number of aryl methyl sites for hydroxylation is 1. The van der Waals surface area contributed by atoms with E-state index in [0.717, 1.165) is 0 Å². The van der Waals surface area contributed by atoms with Gasteiger partial charge in [-0.2, -0.15) is 0 Å². The maximum atomic E-state index is 12.5. The number of pyridine rings is 1. The number of benzene rings is 1. The molecule has 2 aromatic heterocycles. The van der Waals surface area contributed by atoms with Crippen molar-refractivity contribution < 1.29 is 29.0 Å². The highest BCUT2D eigenvalue weighted by atomic mass is 16.5. The van der Waals surface area contributed by atoms with Gasteiger partial charge in [-0.05, 0) is 37.3 Å². The fourth-order valence-corrected chi connectivity index (χ4v) is 3.09. The molecule has 150 valence electrons. The van der Waals surface area contributed by atoms with Gasteiger partial charge in [0.15, 0.2) is 0 Å². The molecule has 0 unspecified atom stereocenters. The number of aromatic amines is 1. The lowest BCUT2D eigenvalue weighted by atomic mass is 9.93. The number of carbonyl (C=O) groups excluding carboxylic acids is 1. The maximum absolute atomic E-state index is 12.5. The first-order valence-corrected chi connectivity index (χ1v) is 8.73. The molecule has 1 aromatic carbocycles. The zero-order valence-electron chi connectivity index (χ0n) is 15.8. The second-order valence-corrected chi connectivity index (χ2v) is 6.50. The number of carboxylic acids is 1. The molecule has 0 aliphatic rings. The minimum absolute atomic E-state index is 0.00289. The van der Waals surface area contributed by atoms with Gasteiger partial charge in [0.1, 0.15) is 17.3 Å². The number of hydrogen-bond donors (Lipinski definition) is 3. The lowest BCUT2D eigenvalue weighted by Gasteiger charge is -2.15. The maximum Gasteiger partial charge on any atom is 0.335 e. The molecule has 0 bridgehead atoms. The van der Waals surface area contributed by atoms with Crippen LogP contribution in [0.25, 0.3) is 11.3 Å². The van der Waals surface area contributed by atoms with Crippen LogP contribution in [0.5, 0.6) is 5.75 Å². The molecule has 0 aliphatic heterocycles. The number of carbonyl (C=O) groups is 2. The standard InChI is InChI=1S/C21H19NO7/c1-11-9-15(23)19(20(25)22-11)14(10-18(24)28-2)17-8-7-16(29-17)12-3-5-13(6-4-12)21(26)27/h3-9,14H,10H2,1-2H3,(H,26,27)(H2,22,23,25)/t14-/m0/s1. The Morgan fingerprint density at radius 3 is 2.45 bits per heavy atom. The summed E-state index contributed by atoms with van der Waals surface area (Å²) < 4.78 is 10.6. The van der Waals surface area contributed by atoms with Crippen molar-refractivity contribution in [3.63, 3.8) is 0 Å². The molecule has 8 heteroatoms. The van der Waals surface area contributed by atoms with Gasteiger partial charge in [-0.25, -0.2) is 4.79 Å². The lowest BCUT2D eigenvalue weighted by Crippen LogP contribution is -2.20. The third-order valence-corrected chi connectivity index (χ3v) is 4.52. The van der Waals surface area contributed by atoms with E-state index in [-0.39, 0.29) is 29.1 Å². The quantitative estimate of drug-likeness (QED) is 0.545. The summed E-state index contributed by atoms with van der Waals surface area (Å²) in [6, 6.07) is 10.7. The number of aromatic carboxylic acids is 1. The SMILES string of the molecule is COC(=O)C[C@@H](c1ccc(-c2ccc(C(=O)O)cc2)o1)c1c(O)cc(C)[nH]c1=O. The fraction of sp³-hybridized carbons (Fsp3) is 0.190. The van der Waals surface area contributed by atoms with Crippen LogP contribution in [0.4, 0.5) is 0 Å². The van der Waals surface area contributed by atoms with Crippen molar-refractivity contribution in [2.24, 2.45) is 0 Å². The molecule has 2 heterocycles. The highest BCUT2D eigenvalue weighted by Crippen LogP contribution is 2.35. The second-order valence-electron chi connectivity index (χ2n) is 6.50. The van der Waals surface area contributed by atoms with Crippen LogP contribution >= 0.6 is 0 Å². The molecule has 0 radical (unpaired) electrons. The zero-order valence-corrected chi connectivity index (χ0v) is 15.8. The van der Waals surface area contributed by atoms with Crippen molar-refractivity contribution in [1.82, 2.24) is 4.98 Å². The topological polar surface area (TPSA) is 130 Å². The average Bonchev–Trinajstić information content (AvgIpc) is 3.16. The predicted octanol–water partition coefficient (Wildman–Crippen LogP) is 3.04. The molecule has 29 heavy (non-hydrogen) atoms. The third kappa shape index (κ3) is 4.21. The number of H-pyrrole nitrogens is 1.